The van der Waals surface area contributed by atoms with Crippen LogP contribution in [0.25, 0.3) is 0 Å². The van der Waals surface area contributed by atoms with Gasteiger partial charge in [0.25, 0.3) is 5.91 Å². The summed E-state index contributed by atoms with van der Waals surface area (Å²) in [5, 5.41) is 5.70. The van der Waals surface area contributed by atoms with Crippen LogP contribution in [0.3, 0.4) is 0 Å². The van der Waals surface area contributed by atoms with Gasteiger partial charge in [-0.05, 0) is 57.6 Å². The number of hydrogen-bond donors (Lipinski definition) is 2. The first kappa shape index (κ1) is 22.5. The van der Waals surface area contributed by atoms with Gasteiger partial charge in [-0.15, -0.1) is 11.3 Å². The summed E-state index contributed by atoms with van der Waals surface area (Å²) in [5.74, 6) is -1.52. The Morgan fingerprint density at radius 3 is 2.17 bits per heavy atom. The van der Waals surface area contributed by atoms with Gasteiger partial charge in [0.2, 0.25) is 0 Å². The number of thiophene rings is 1. The van der Waals surface area contributed by atoms with Gasteiger partial charge >= 0.3 is 11.9 Å². The molecule has 0 aliphatic carbocycles. The fourth-order valence-electron chi connectivity index (χ4n) is 2.46. The van der Waals surface area contributed by atoms with E-state index in [4.69, 9.17) is 21.7 Å². The van der Waals surface area contributed by atoms with Crippen molar-refractivity contribution in [1.82, 2.24) is 5.32 Å². The molecule has 0 aliphatic rings. The zero-order valence-electron chi connectivity index (χ0n) is 16.6. The lowest BCUT2D eigenvalue weighted by Crippen LogP contribution is -2.34. The zero-order valence-corrected chi connectivity index (χ0v) is 18.2. The minimum atomic E-state index is -0.591. The number of carbonyl (C=O) groups excluding carboxylic acids is 3. The molecule has 2 rings (SSSR count). The van der Waals surface area contributed by atoms with Crippen LogP contribution in [0, 0.1) is 13.8 Å². The molecule has 0 spiro atoms. The van der Waals surface area contributed by atoms with Gasteiger partial charge in [0.05, 0.1) is 18.8 Å². The van der Waals surface area contributed by atoms with Gasteiger partial charge < -0.3 is 14.8 Å². The highest BCUT2D eigenvalue weighted by molar-refractivity contribution is 7.80. The topological polar surface area (TPSA) is 93.7 Å². The van der Waals surface area contributed by atoms with Crippen molar-refractivity contribution in [2.75, 3.05) is 18.5 Å². The Kier molecular flexibility index (Phi) is 7.86. The molecule has 0 bridgehead atoms. The molecule has 29 heavy (non-hydrogen) atoms. The lowest BCUT2D eigenvalue weighted by Gasteiger charge is -2.10. The summed E-state index contributed by atoms with van der Waals surface area (Å²) in [6.07, 6.45) is 0. The molecule has 0 unspecified atom stereocenters. The van der Waals surface area contributed by atoms with E-state index < -0.39 is 11.9 Å². The van der Waals surface area contributed by atoms with Crippen LogP contribution in [-0.4, -0.2) is 36.2 Å². The number of nitrogens with one attached hydrogen (secondary N) is 2. The highest BCUT2D eigenvalue weighted by Gasteiger charge is 2.27. The average Bonchev–Trinajstić information content (AvgIpc) is 2.98. The predicted octanol–water partition coefficient (Wildman–Crippen LogP) is 3.85. The van der Waals surface area contributed by atoms with Gasteiger partial charge in [0.1, 0.15) is 9.88 Å². The third-order valence-corrected chi connectivity index (χ3v) is 5.25. The predicted molar refractivity (Wildman–Crippen MR) is 116 cm³/mol. The molecule has 9 heteroatoms. The van der Waals surface area contributed by atoms with Gasteiger partial charge in [0.15, 0.2) is 5.11 Å². The minimum Gasteiger partial charge on any atom is -0.462 e. The number of esters is 2. The number of benzene rings is 1. The van der Waals surface area contributed by atoms with E-state index in [1.54, 1.807) is 32.9 Å². The van der Waals surface area contributed by atoms with E-state index in [0.717, 1.165) is 16.9 Å². The Balaban J connectivity index is 2.25. The molecule has 1 aromatic carbocycles. The Labute approximate surface area is 178 Å². The SMILES string of the molecule is CCOC(=O)c1sc(NC(=S)NC(=O)c2ccc(C)cc2)c(C(=O)OCC)c1C. The average molecular weight is 435 g/mol. The first-order chi connectivity index (χ1) is 13.8. The van der Waals surface area contributed by atoms with Crippen LogP contribution in [0.15, 0.2) is 24.3 Å². The molecule has 0 saturated carbocycles. The summed E-state index contributed by atoms with van der Waals surface area (Å²) in [6.45, 7) is 7.32. The van der Waals surface area contributed by atoms with Crippen molar-refractivity contribution in [3.8, 4) is 0 Å². The van der Waals surface area contributed by atoms with Gasteiger partial charge in [0, 0.05) is 5.56 Å². The summed E-state index contributed by atoms with van der Waals surface area (Å²) in [6, 6.07) is 7.01. The van der Waals surface area contributed by atoms with Gasteiger partial charge in [-0.2, -0.15) is 0 Å². The zero-order chi connectivity index (χ0) is 21.6. The summed E-state index contributed by atoms with van der Waals surface area (Å²) < 4.78 is 10.1. The number of aryl methyl sites for hydroxylation is 1. The Morgan fingerprint density at radius 2 is 1.59 bits per heavy atom. The lowest BCUT2D eigenvalue weighted by atomic mass is 10.1. The molecule has 0 atom stereocenters. The third kappa shape index (κ3) is 5.61. The van der Waals surface area contributed by atoms with E-state index in [-0.39, 0.29) is 34.7 Å². The molecule has 0 aliphatic heterocycles. The quantitative estimate of drug-likeness (QED) is 0.527. The number of amides is 1. The molecule has 2 N–H and O–H groups in total. The molecular weight excluding hydrogens is 412 g/mol. The summed E-state index contributed by atoms with van der Waals surface area (Å²) in [7, 11) is 0. The van der Waals surface area contributed by atoms with Gasteiger partial charge in [-0.25, -0.2) is 9.59 Å². The summed E-state index contributed by atoms with van der Waals surface area (Å²) in [4.78, 5) is 37.2. The van der Waals surface area contributed by atoms with E-state index in [1.807, 2.05) is 19.1 Å². The van der Waals surface area contributed by atoms with Crippen LogP contribution in [0.2, 0.25) is 0 Å². The van der Waals surface area contributed by atoms with Crippen LogP contribution < -0.4 is 10.6 Å². The Hall–Kier alpha value is -2.78. The van der Waals surface area contributed by atoms with Crippen molar-refractivity contribution < 1.29 is 23.9 Å². The number of carbonyl (C=O) groups is 3. The first-order valence-electron chi connectivity index (χ1n) is 8.95. The molecular formula is C20H22N2O5S2. The van der Waals surface area contributed by atoms with Crippen LogP contribution in [-0.2, 0) is 9.47 Å². The summed E-state index contributed by atoms with van der Waals surface area (Å²) in [5.41, 5.74) is 2.09. The second-order valence-corrected chi connectivity index (χ2v) is 7.40. The van der Waals surface area contributed by atoms with Crippen molar-refractivity contribution in [3.05, 3.63) is 51.4 Å². The van der Waals surface area contributed by atoms with Crippen molar-refractivity contribution in [2.45, 2.75) is 27.7 Å². The second-order valence-electron chi connectivity index (χ2n) is 5.98. The highest BCUT2D eigenvalue weighted by Crippen LogP contribution is 2.34. The van der Waals surface area contributed by atoms with Gasteiger partial charge in [-0.1, -0.05) is 17.7 Å². The molecule has 1 heterocycles. The Bertz CT molecular complexity index is 935. The highest BCUT2D eigenvalue weighted by atomic mass is 32.1. The van der Waals surface area contributed by atoms with Crippen molar-refractivity contribution >= 4 is 51.5 Å². The lowest BCUT2D eigenvalue weighted by molar-refractivity contribution is 0.0527. The van der Waals surface area contributed by atoms with Crippen LogP contribution in [0.5, 0.6) is 0 Å². The maximum atomic E-state index is 12.4. The first-order valence-corrected chi connectivity index (χ1v) is 10.2. The van der Waals surface area contributed by atoms with E-state index in [1.165, 1.54) is 0 Å². The fourth-order valence-corrected chi connectivity index (χ4v) is 3.81. The van der Waals surface area contributed by atoms with E-state index in [9.17, 15) is 14.4 Å². The Morgan fingerprint density at radius 1 is 1.00 bits per heavy atom. The van der Waals surface area contributed by atoms with Gasteiger partial charge in [-0.3, -0.25) is 10.1 Å². The molecule has 1 amide bonds. The molecule has 2 aromatic rings. The molecule has 1 aromatic heterocycles. The minimum absolute atomic E-state index is 0.00205. The number of anilines is 1. The van der Waals surface area contributed by atoms with E-state index in [0.29, 0.717) is 16.1 Å². The maximum Gasteiger partial charge on any atom is 0.348 e. The third-order valence-electron chi connectivity index (χ3n) is 3.86. The number of hydrogen-bond acceptors (Lipinski definition) is 7. The van der Waals surface area contributed by atoms with Crippen LogP contribution >= 0.6 is 23.6 Å². The van der Waals surface area contributed by atoms with Crippen molar-refractivity contribution in [1.29, 1.82) is 0 Å². The van der Waals surface area contributed by atoms with E-state index in [2.05, 4.69) is 10.6 Å². The fraction of sp³-hybridized carbons (Fsp3) is 0.300. The number of thiocarbonyl (C=S) groups is 1. The second kappa shape index (κ2) is 10.1. The maximum absolute atomic E-state index is 12.4. The van der Waals surface area contributed by atoms with E-state index >= 15 is 0 Å². The molecule has 0 radical (unpaired) electrons. The van der Waals surface area contributed by atoms with Crippen molar-refractivity contribution in [3.63, 3.8) is 0 Å². The molecule has 154 valence electrons. The van der Waals surface area contributed by atoms with Crippen LogP contribution in [0.1, 0.15) is 55.4 Å². The van der Waals surface area contributed by atoms with Crippen LogP contribution in [0.4, 0.5) is 5.00 Å². The monoisotopic (exact) mass is 434 g/mol. The standard InChI is InChI=1S/C20H22N2O5S2/c1-5-26-18(24)14-12(4)15(19(25)27-6-2)29-17(14)22-20(28)21-16(23)13-9-7-11(3)8-10-13/h7-10H,5-6H2,1-4H3,(H2,21,22,23,28). The normalized spacial score (nSPS) is 10.2. The molecule has 0 fully saturated rings. The number of ether oxygens (including phenoxy) is 2. The molecule has 0 saturated heterocycles. The number of rotatable bonds is 6. The smallest absolute Gasteiger partial charge is 0.348 e. The summed E-state index contributed by atoms with van der Waals surface area (Å²) >= 11 is 6.23. The molecule has 7 nitrogen and oxygen atoms in total. The largest absolute Gasteiger partial charge is 0.462 e. The van der Waals surface area contributed by atoms with Crippen molar-refractivity contribution in [2.24, 2.45) is 0 Å².